The molecular weight excluding hydrogens is 380 g/mol. The maximum Gasteiger partial charge on any atom is 0.206 e. The number of benzene rings is 2. The molecule has 1 saturated heterocycles. The number of nitrogens with one attached hydrogen (secondary N) is 1. The van der Waals surface area contributed by atoms with E-state index in [-0.39, 0.29) is 0 Å². The van der Waals surface area contributed by atoms with Crippen molar-refractivity contribution >= 4 is 26.8 Å². The number of hydrogen-bond acceptors (Lipinski definition) is 3. The summed E-state index contributed by atoms with van der Waals surface area (Å²) >= 11 is 0. The van der Waals surface area contributed by atoms with E-state index in [2.05, 4.69) is 16.9 Å². The van der Waals surface area contributed by atoms with Gasteiger partial charge >= 0.3 is 0 Å². The molecule has 1 N–H and O–H groups in total. The molecule has 0 amide bonds. The van der Waals surface area contributed by atoms with Crippen LogP contribution in [0.4, 0.5) is 0 Å². The Bertz CT molecular complexity index is 1270. The van der Waals surface area contributed by atoms with Crippen molar-refractivity contribution in [3.8, 4) is 0 Å². The van der Waals surface area contributed by atoms with Gasteiger partial charge in [0.25, 0.3) is 0 Å². The Morgan fingerprint density at radius 2 is 1.86 bits per heavy atom. The first-order valence-electron chi connectivity index (χ1n) is 10.3. The van der Waals surface area contributed by atoms with Crippen LogP contribution in [0.1, 0.15) is 48.2 Å². The van der Waals surface area contributed by atoms with Gasteiger partial charge in [-0.15, -0.1) is 0 Å². The maximum atomic E-state index is 13.4. The summed E-state index contributed by atoms with van der Waals surface area (Å²) in [5, 5.41) is 4.77. The Balaban J connectivity index is 1.67. The zero-order valence-electron chi connectivity index (χ0n) is 17.1. The van der Waals surface area contributed by atoms with Crippen LogP contribution in [0.5, 0.6) is 0 Å². The van der Waals surface area contributed by atoms with Gasteiger partial charge in [-0.25, -0.2) is 8.42 Å². The van der Waals surface area contributed by atoms with Crippen LogP contribution in [-0.4, -0.2) is 19.0 Å². The quantitative estimate of drug-likeness (QED) is 0.686. The number of aromatic nitrogens is 1. The molecule has 2 aliphatic rings. The lowest BCUT2D eigenvalue weighted by Crippen LogP contribution is -2.32. The first-order chi connectivity index (χ1) is 13.9. The van der Waals surface area contributed by atoms with Gasteiger partial charge in [0.2, 0.25) is 9.84 Å². The van der Waals surface area contributed by atoms with Gasteiger partial charge in [0.15, 0.2) is 0 Å². The van der Waals surface area contributed by atoms with E-state index < -0.39 is 9.84 Å². The molecule has 1 aromatic heterocycles. The Morgan fingerprint density at radius 3 is 2.66 bits per heavy atom. The highest BCUT2D eigenvalue weighted by Crippen LogP contribution is 2.42. The van der Waals surface area contributed by atoms with Crippen LogP contribution in [0, 0.1) is 6.92 Å². The summed E-state index contributed by atoms with van der Waals surface area (Å²) in [6.45, 7) is 3.94. The SMILES string of the molecule is CC=Cc1cc(S(=O)(=O)c2ccc3c(c2)c2c(n3C)CC3CCC2N3)ccc1C. The van der Waals surface area contributed by atoms with Crippen LogP contribution in [0.2, 0.25) is 0 Å². The number of fused-ring (bicyclic) bond motifs is 6. The molecule has 5 heteroatoms. The van der Waals surface area contributed by atoms with Gasteiger partial charge in [-0.1, -0.05) is 18.2 Å². The molecular formula is C24H26N2O2S. The maximum absolute atomic E-state index is 13.4. The molecule has 2 aromatic carbocycles. The largest absolute Gasteiger partial charge is 0.347 e. The first-order valence-corrected chi connectivity index (χ1v) is 11.7. The van der Waals surface area contributed by atoms with Gasteiger partial charge < -0.3 is 9.88 Å². The normalized spacial score (nSPS) is 21.2. The van der Waals surface area contributed by atoms with E-state index in [1.54, 1.807) is 18.2 Å². The van der Waals surface area contributed by atoms with E-state index in [0.717, 1.165) is 34.9 Å². The highest BCUT2D eigenvalue weighted by atomic mass is 32.2. The van der Waals surface area contributed by atoms with Crippen LogP contribution in [0.15, 0.2) is 52.3 Å². The fourth-order valence-corrected chi connectivity index (χ4v) is 6.35. The Hall–Kier alpha value is -2.37. The summed E-state index contributed by atoms with van der Waals surface area (Å²) in [5.74, 6) is 0. The van der Waals surface area contributed by atoms with Crippen molar-refractivity contribution < 1.29 is 8.42 Å². The van der Waals surface area contributed by atoms with Gasteiger partial charge in [0.05, 0.1) is 9.79 Å². The van der Waals surface area contributed by atoms with Crippen molar-refractivity contribution in [1.29, 1.82) is 0 Å². The fourth-order valence-electron chi connectivity index (χ4n) is 5.03. The molecule has 2 bridgehead atoms. The molecule has 0 radical (unpaired) electrons. The molecule has 3 heterocycles. The molecule has 3 aromatic rings. The minimum absolute atomic E-state index is 0.339. The van der Waals surface area contributed by atoms with E-state index in [1.165, 1.54) is 17.7 Å². The molecule has 5 rings (SSSR count). The van der Waals surface area contributed by atoms with Crippen molar-refractivity contribution in [2.24, 2.45) is 7.05 Å². The lowest BCUT2D eigenvalue weighted by Gasteiger charge is -2.23. The molecule has 150 valence electrons. The number of sulfone groups is 1. The summed E-state index contributed by atoms with van der Waals surface area (Å²) in [7, 11) is -1.48. The van der Waals surface area contributed by atoms with Crippen molar-refractivity contribution in [2.45, 2.75) is 55.0 Å². The summed E-state index contributed by atoms with van der Waals surface area (Å²) in [4.78, 5) is 0.716. The third-order valence-electron chi connectivity index (χ3n) is 6.58. The minimum Gasteiger partial charge on any atom is -0.347 e. The van der Waals surface area contributed by atoms with Crippen LogP contribution in [0.25, 0.3) is 17.0 Å². The van der Waals surface area contributed by atoms with E-state index in [9.17, 15) is 8.42 Å². The van der Waals surface area contributed by atoms with Crippen LogP contribution >= 0.6 is 0 Å². The van der Waals surface area contributed by atoms with Crippen molar-refractivity contribution in [1.82, 2.24) is 9.88 Å². The van der Waals surface area contributed by atoms with E-state index in [0.29, 0.717) is 21.9 Å². The average molecular weight is 407 g/mol. The predicted molar refractivity (Wildman–Crippen MR) is 117 cm³/mol. The zero-order valence-corrected chi connectivity index (χ0v) is 17.9. The summed E-state index contributed by atoms with van der Waals surface area (Å²) in [6.07, 6.45) is 7.22. The second-order valence-electron chi connectivity index (χ2n) is 8.32. The monoisotopic (exact) mass is 406 g/mol. The molecule has 1 fully saturated rings. The highest BCUT2D eigenvalue weighted by molar-refractivity contribution is 7.91. The molecule has 4 nitrogen and oxygen atoms in total. The molecule has 0 saturated carbocycles. The van der Waals surface area contributed by atoms with Crippen LogP contribution < -0.4 is 5.32 Å². The third-order valence-corrected chi connectivity index (χ3v) is 8.33. The summed E-state index contributed by atoms with van der Waals surface area (Å²) in [6, 6.07) is 11.9. The molecule has 2 unspecified atom stereocenters. The van der Waals surface area contributed by atoms with Gasteiger partial charge in [-0.3, -0.25) is 0 Å². The van der Waals surface area contributed by atoms with Gasteiger partial charge in [-0.2, -0.15) is 0 Å². The van der Waals surface area contributed by atoms with Gasteiger partial charge in [0, 0.05) is 42.1 Å². The summed E-state index contributed by atoms with van der Waals surface area (Å²) in [5.41, 5.74) is 5.77. The minimum atomic E-state index is -3.58. The number of rotatable bonds is 3. The number of nitrogens with zero attached hydrogens (tertiary/aromatic N) is 1. The molecule has 29 heavy (non-hydrogen) atoms. The Kier molecular flexibility index (Phi) is 4.23. The molecule has 2 atom stereocenters. The predicted octanol–water partition coefficient (Wildman–Crippen LogP) is 4.70. The first kappa shape index (κ1) is 18.6. The second-order valence-corrected chi connectivity index (χ2v) is 10.3. The molecule has 2 aliphatic heterocycles. The zero-order chi connectivity index (χ0) is 20.3. The third kappa shape index (κ3) is 2.79. The van der Waals surface area contributed by atoms with Gasteiger partial charge in [0.1, 0.15) is 0 Å². The van der Waals surface area contributed by atoms with Crippen molar-refractivity contribution in [3.63, 3.8) is 0 Å². The molecule has 0 spiro atoms. The number of aryl methyl sites for hydroxylation is 2. The highest BCUT2D eigenvalue weighted by Gasteiger charge is 2.36. The Labute approximate surface area is 172 Å². The second kappa shape index (κ2) is 6.57. The molecule has 0 aliphatic carbocycles. The van der Waals surface area contributed by atoms with Crippen LogP contribution in [-0.2, 0) is 23.3 Å². The smallest absolute Gasteiger partial charge is 0.206 e. The Morgan fingerprint density at radius 1 is 1.10 bits per heavy atom. The summed E-state index contributed by atoms with van der Waals surface area (Å²) < 4.78 is 29.1. The van der Waals surface area contributed by atoms with Gasteiger partial charge in [-0.05, 0) is 73.7 Å². The fraction of sp³-hybridized carbons (Fsp3) is 0.333. The topological polar surface area (TPSA) is 51.1 Å². The van der Waals surface area contributed by atoms with Crippen LogP contribution in [0.3, 0.4) is 0 Å². The van der Waals surface area contributed by atoms with Crippen molar-refractivity contribution in [2.75, 3.05) is 0 Å². The lowest BCUT2D eigenvalue weighted by atomic mass is 9.99. The van der Waals surface area contributed by atoms with E-state index >= 15 is 0 Å². The van der Waals surface area contributed by atoms with E-state index in [4.69, 9.17) is 0 Å². The number of hydrogen-bond donors (Lipinski definition) is 1. The standard InChI is InChI=1S/C24H26N2O2S/c1-4-5-16-12-18(8-6-15(16)2)29(27,28)19-9-11-22-20(14-19)24-21-10-7-17(25-21)13-23(24)26(22)3/h4-6,8-9,11-12,14,17,21,25H,7,10,13H2,1-3H3. The van der Waals surface area contributed by atoms with E-state index in [1.807, 2.05) is 44.2 Å². The lowest BCUT2D eigenvalue weighted by molar-refractivity contribution is 0.503. The average Bonchev–Trinajstić information content (AvgIpc) is 3.22. The number of allylic oxidation sites excluding steroid dienone is 1. The van der Waals surface area contributed by atoms with Crippen molar-refractivity contribution in [3.05, 3.63) is 64.9 Å².